The highest BCUT2D eigenvalue weighted by Crippen LogP contribution is 2.17. The van der Waals surface area contributed by atoms with E-state index < -0.39 is 0 Å². The van der Waals surface area contributed by atoms with Gasteiger partial charge in [0.2, 0.25) is 0 Å². The first kappa shape index (κ1) is 18.7. The molecular weight excluding hydrogens is 340 g/mol. The molecule has 1 heterocycles. The molecule has 3 aromatic rings. The minimum Gasteiger partial charge on any atom is -0.494 e. The van der Waals surface area contributed by atoms with E-state index in [1.54, 1.807) is 29.2 Å². The maximum atomic E-state index is 12.9. The predicted molar refractivity (Wildman–Crippen MR) is 107 cm³/mol. The number of pyridine rings is 1. The first-order valence-electron chi connectivity index (χ1n) is 9.17. The highest BCUT2D eigenvalue weighted by molar-refractivity contribution is 5.94. The van der Waals surface area contributed by atoms with Crippen molar-refractivity contribution >= 4 is 16.8 Å². The van der Waals surface area contributed by atoms with Crippen LogP contribution >= 0.6 is 0 Å². The van der Waals surface area contributed by atoms with Crippen molar-refractivity contribution < 1.29 is 9.53 Å². The van der Waals surface area contributed by atoms with E-state index in [9.17, 15) is 9.59 Å². The van der Waals surface area contributed by atoms with E-state index in [1.807, 2.05) is 45.0 Å². The second kappa shape index (κ2) is 8.08. The molecule has 0 aliphatic heterocycles. The molecule has 5 nitrogen and oxygen atoms in total. The summed E-state index contributed by atoms with van der Waals surface area (Å²) in [5.74, 6) is 0.628. The fourth-order valence-corrected chi connectivity index (χ4v) is 3.12. The summed E-state index contributed by atoms with van der Waals surface area (Å²) in [7, 11) is 0. The van der Waals surface area contributed by atoms with Gasteiger partial charge in [-0.2, -0.15) is 0 Å². The summed E-state index contributed by atoms with van der Waals surface area (Å²) in [5, 5.41) is 0.967. The van der Waals surface area contributed by atoms with Gasteiger partial charge in [-0.3, -0.25) is 9.59 Å². The summed E-state index contributed by atoms with van der Waals surface area (Å²) in [5.41, 5.74) is 2.86. The molecule has 0 bridgehead atoms. The Morgan fingerprint density at radius 3 is 2.52 bits per heavy atom. The van der Waals surface area contributed by atoms with Crippen molar-refractivity contribution in [2.75, 3.05) is 13.2 Å². The minimum atomic E-state index is -0.158. The SMILES string of the molecule is CCOc1ccc(C(=O)N(CC)Cc2cc3cccc(C)c3[nH]c2=O)cc1. The number of carbonyl (C=O) groups excluding carboxylic acids is 1. The van der Waals surface area contributed by atoms with Gasteiger partial charge in [-0.05, 0) is 62.1 Å². The summed E-state index contributed by atoms with van der Waals surface area (Å²) in [6.45, 7) is 7.15. The number of para-hydroxylation sites is 1. The molecular formula is C22H24N2O3. The summed E-state index contributed by atoms with van der Waals surface area (Å²) in [6.07, 6.45) is 0. The lowest BCUT2D eigenvalue weighted by Gasteiger charge is -2.21. The molecule has 5 heteroatoms. The fraction of sp³-hybridized carbons (Fsp3) is 0.273. The smallest absolute Gasteiger partial charge is 0.254 e. The van der Waals surface area contributed by atoms with Crippen LogP contribution in [-0.2, 0) is 6.54 Å². The van der Waals surface area contributed by atoms with Crippen molar-refractivity contribution in [2.45, 2.75) is 27.3 Å². The first-order chi connectivity index (χ1) is 13.0. The van der Waals surface area contributed by atoms with E-state index in [-0.39, 0.29) is 18.0 Å². The molecule has 27 heavy (non-hydrogen) atoms. The van der Waals surface area contributed by atoms with Gasteiger partial charge in [-0.1, -0.05) is 18.2 Å². The van der Waals surface area contributed by atoms with Crippen LogP contribution in [0, 0.1) is 6.92 Å². The molecule has 0 radical (unpaired) electrons. The molecule has 0 saturated carbocycles. The Morgan fingerprint density at radius 1 is 1.11 bits per heavy atom. The van der Waals surface area contributed by atoms with Crippen molar-refractivity contribution in [1.29, 1.82) is 0 Å². The largest absolute Gasteiger partial charge is 0.494 e. The number of H-pyrrole nitrogens is 1. The van der Waals surface area contributed by atoms with Gasteiger partial charge in [0.15, 0.2) is 0 Å². The molecule has 140 valence electrons. The molecule has 2 aromatic carbocycles. The van der Waals surface area contributed by atoms with Crippen LogP contribution in [0.4, 0.5) is 0 Å². The molecule has 1 amide bonds. The Bertz CT molecular complexity index is 1010. The molecule has 0 spiro atoms. The first-order valence-corrected chi connectivity index (χ1v) is 9.17. The van der Waals surface area contributed by atoms with E-state index in [2.05, 4.69) is 4.98 Å². The highest BCUT2D eigenvalue weighted by Gasteiger charge is 2.16. The number of aryl methyl sites for hydroxylation is 1. The Balaban J connectivity index is 1.86. The topological polar surface area (TPSA) is 62.4 Å². The number of benzene rings is 2. The minimum absolute atomic E-state index is 0.107. The second-order valence-electron chi connectivity index (χ2n) is 6.44. The number of aromatic nitrogens is 1. The second-order valence-corrected chi connectivity index (χ2v) is 6.44. The van der Waals surface area contributed by atoms with E-state index >= 15 is 0 Å². The maximum Gasteiger partial charge on any atom is 0.254 e. The lowest BCUT2D eigenvalue weighted by atomic mass is 10.1. The zero-order valence-electron chi connectivity index (χ0n) is 15.9. The molecule has 3 rings (SSSR count). The van der Waals surface area contributed by atoms with Crippen LogP contribution < -0.4 is 10.3 Å². The summed E-state index contributed by atoms with van der Waals surface area (Å²) < 4.78 is 5.42. The zero-order chi connectivity index (χ0) is 19.4. The number of nitrogens with zero attached hydrogens (tertiary/aromatic N) is 1. The molecule has 0 atom stereocenters. The van der Waals surface area contributed by atoms with Crippen molar-refractivity contribution in [3.05, 3.63) is 75.6 Å². The maximum absolute atomic E-state index is 12.9. The van der Waals surface area contributed by atoms with E-state index in [1.165, 1.54) is 0 Å². The van der Waals surface area contributed by atoms with Gasteiger partial charge >= 0.3 is 0 Å². The van der Waals surface area contributed by atoms with Crippen LogP contribution in [0.5, 0.6) is 5.75 Å². The highest BCUT2D eigenvalue weighted by atomic mass is 16.5. The van der Waals surface area contributed by atoms with E-state index in [4.69, 9.17) is 4.74 Å². The molecule has 0 aliphatic rings. The Kier molecular flexibility index (Phi) is 5.60. The average molecular weight is 364 g/mol. The van der Waals surface area contributed by atoms with Crippen LogP contribution in [0.3, 0.4) is 0 Å². The molecule has 0 unspecified atom stereocenters. The summed E-state index contributed by atoms with van der Waals surface area (Å²) in [4.78, 5) is 30.0. The Morgan fingerprint density at radius 2 is 1.85 bits per heavy atom. The molecule has 0 fully saturated rings. The summed E-state index contributed by atoms with van der Waals surface area (Å²) in [6, 6.07) is 14.8. The van der Waals surface area contributed by atoms with Crippen molar-refractivity contribution in [1.82, 2.24) is 9.88 Å². The number of rotatable bonds is 6. The third kappa shape index (κ3) is 4.03. The Hall–Kier alpha value is -3.08. The van der Waals surface area contributed by atoms with Gasteiger partial charge in [-0.25, -0.2) is 0 Å². The van der Waals surface area contributed by atoms with E-state index in [0.29, 0.717) is 24.3 Å². The number of fused-ring (bicyclic) bond motifs is 1. The normalized spacial score (nSPS) is 10.8. The molecule has 1 aromatic heterocycles. The van der Waals surface area contributed by atoms with Gasteiger partial charge in [0.25, 0.3) is 11.5 Å². The average Bonchev–Trinajstić information content (AvgIpc) is 2.67. The lowest BCUT2D eigenvalue weighted by Crippen LogP contribution is -2.32. The number of nitrogens with one attached hydrogen (secondary N) is 1. The Labute approximate surface area is 158 Å². The van der Waals surface area contributed by atoms with Gasteiger partial charge in [0.1, 0.15) is 5.75 Å². The van der Waals surface area contributed by atoms with Gasteiger partial charge in [0.05, 0.1) is 18.7 Å². The number of ether oxygens (including phenoxy) is 1. The van der Waals surface area contributed by atoms with Crippen LogP contribution in [0.2, 0.25) is 0 Å². The number of hydrogen-bond donors (Lipinski definition) is 1. The van der Waals surface area contributed by atoms with Crippen LogP contribution in [-0.4, -0.2) is 28.9 Å². The van der Waals surface area contributed by atoms with Crippen molar-refractivity contribution in [3.8, 4) is 5.75 Å². The van der Waals surface area contributed by atoms with Gasteiger partial charge in [0, 0.05) is 17.7 Å². The van der Waals surface area contributed by atoms with Crippen LogP contribution in [0.25, 0.3) is 10.9 Å². The van der Waals surface area contributed by atoms with Crippen LogP contribution in [0.1, 0.15) is 35.3 Å². The van der Waals surface area contributed by atoms with Crippen molar-refractivity contribution in [2.24, 2.45) is 0 Å². The lowest BCUT2D eigenvalue weighted by molar-refractivity contribution is 0.0752. The zero-order valence-corrected chi connectivity index (χ0v) is 15.9. The van der Waals surface area contributed by atoms with Crippen LogP contribution in [0.15, 0.2) is 53.3 Å². The number of hydrogen-bond acceptors (Lipinski definition) is 3. The molecule has 0 aliphatic carbocycles. The number of carbonyl (C=O) groups is 1. The molecule has 0 saturated heterocycles. The van der Waals surface area contributed by atoms with E-state index in [0.717, 1.165) is 22.2 Å². The van der Waals surface area contributed by atoms with Gasteiger partial charge in [-0.15, -0.1) is 0 Å². The third-order valence-corrected chi connectivity index (χ3v) is 4.61. The third-order valence-electron chi connectivity index (χ3n) is 4.61. The standard InChI is InChI=1S/C22H24N2O3/c1-4-24(22(26)16-9-11-19(12-10-16)27-5-2)14-18-13-17-8-6-7-15(3)20(17)23-21(18)25/h6-13H,4-5,14H2,1-3H3,(H,23,25). The quantitative estimate of drug-likeness (QED) is 0.722. The monoisotopic (exact) mass is 364 g/mol. The number of aromatic amines is 1. The fourth-order valence-electron chi connectivity index (χ4n) is 3.12. The van der Waals surface area contributed by atoms with Crippen molar-refractivity contribution in [3.63, 3.8) is 0 Å². The van der Waals surface area contributed by atoms with Gasteiger partial charge < -0.3 is 14.6 Å². The molecule has 1 N–H and O–H groups in total. The summed E-state index contributed by atoms with van der Waals surface area (Å²) >= 11 is 0. The predicted octanol–water partition coefficient (Wildman–Crippen LogP) is 3.90. The number of amides is 1.